The van der Waals surface area contributed by atoms with Gasteiger partial charge < -0.3 is 9.88 Å². The maximum absolute atomic E-state index is 10.8. The van der Waals surface area contributed by atoms with Crippen molar-refractivity contribution in [3.8, 4) is 11.3 Å². The van der Waals surface area contributed by atoms with E-state index in [0.717, 1.165) is 22.6 Å². The summed E-state index contributed by atoms with van der Waals surface area (Å²) in [5, 5.41) is 13.9. The minimum atomic E-state index is -0.378. The van der Waals surface area contributed by atoms with E-state index in [4.69, 9.17) is 0 Å². The van der Waals surface area contributed by atoms with Gasteiger partial charge in [-0.05, 0) is 25.6 Å². The van der Waals surface area contributed by atoms with Gasteiger partial charge in [-0.1, -0.05) is 0 Å². The minimum Gasteiger partial charge on any atom is -0.331 e. The zero-order valence-corrected chi connectivity index (χ0v) is 12.4. The highest BCUT2D eigenvalue weighted by atomic mass is 35.5. The molecular formula is C13H17ClN4O2. The highest BCUT2D eigenvalue weighted by Gasteiger charge is 2.14. The molecule has 1 aromatic carbocycles. The number of non-ortho nitro benzene ring substituents is 1. The van der Waals surface area contributed by atoms with Gasteiger partial charge in [0.2, 0.25) is 0 Å². The summed E-state index contributed by atoms with van der Waals surface area (Å²) in [6, 6.07) is 4.91. The molecule has 7 heteroatoms. The third-order valence-corrected chi connectivity index (χ3v) is 3.16. The standard InChI is InChI=1S/C13H16N4O2.ClH/c1-9-15-8-13(16(9)3)12-5-4-11(17(18)19)6-10(12)7-14-2;/h4-6,8,14H,7H2,1-3H3;1H. The van der Waals surface area contributed by atoms with Crippen LogP contribution in [0.4, 0.5) is 5.69 Å². The first-order valence-electron chi connectivity index (χ1n) is 5.95. The first-order valence-corrected chi connectivity index (χ1v) is 5.95. The molecule has 0 aliphatic heterocycles. The van der Waals surface area contributed by atoms with E-state index in [0.29, 0.717) is 6.54 Å². The second-order valence-corrected chi connectivity index (χ2v) is 4.38. The molecule has 0 saturated carbocycles. The fourth-order valence-electron chi connectivity index (χ4n) is 2.03. The van der Waals surface area contributed by atoms with E-state index in [1.54, 1.807) is 18.3 Å². The number of imidazole rings is 1. The first kappa shape index (κ1) is 16.1. The molecule has 1 aromatic heterocycles. The zero-order chi connectivity index (χ0) is 14.0. The monoisotopic (exact) mass is 296 g/mol. The number of halogens is 1. The van der Waals surface area contributed by atoms with Crippen molar-refractivity contribution in [3.05, 3.63) is 45.9 Å². The third kappa shape index (κ3) is 2.97. The number of hydrogen-bond acceptors (Lipinski definition) is 4. The fourth-order valence-corrected chi connectivity index (χ4v) is 2.03. The van der Waals surface area contributed by atoms with E-state index >= 15 is 0 Å². The second-order valence-electron chi connectivity index (χ2n) is 4.38. The Balaban J connectivity index is 0.00000200. The molecule has 2 rings (SSSR count). The lowest BCUT2D eigenvalue weighted by Gasteiger charge is -2.10. The summed E-state index contributed by atoms with van der Waals surface area (Å²) in [7, 11) is 3.75. The molecule has 0 bridgehead atoms. The van der Waals surface area contributed by atoms with Crippen LogP contribution in [0.3, 0.4) is 0 Å². The Labute approximate surface area is 123 Å². The maximum Gasteiger partial charge on any atom is 0.269 e. The Kier molecular flexibility index (Phi) is 5.24. The van der Waals surface area contributed by atoms with Crippen molar-refractivity contribution in [1.29, 1.82) is 0 Å². The molecule has 6 nitrogen and oxygen atoms in total. The van der Waals surface area contributed by atoms with Crippen LogP contribution < -0.4 is 5.32 Å². The first-order chi connectivity index (χ1) is 9.04. The van der Waals surface area contributed by atoms with E-state index in [1.165, 1.54) is 6.07 Å². The van der Waals surface area contributed by atoms with E-state index in [2.05, 4.69) is 10.3 Å². The summed E-state index contributed by atoms with van der Waals surface area (Å²) in [6.45, 7) is 2.49. The van der Waals surface area contributed by atoms with Crippen molar-refractivity contribution < 1.29 is 4.92 Å². The van der Waals surface area contributed by atoms with Crippen molar-refractivity contribution in [2.24, 2.45) is 7.05 Å². The largest absolute Gasteiger partial charge is 0.331 e. The van der Waals surface area contributed by atoms with Gasteiger partial charge in [-0.25, -0.2) is 4.98 Å². The van der Waals surface area contributed by atoms with Crippen LogP contribution in [-0.4, -0.2) is 21.5 Å². The van der Waals surface area contributed by atoms with E-state index in [9.17, 15) is 10.1 Å². The quantitative estimate of drug-likeness (QED) is 0.695. The molecule has 0 saturated heterocycles. The predicted molar refractivity (Wildman–Crippen MR) is 80.0 cm³/mol. The number of aromatic nitrogens is 2. The Bertz CT molecular complexity index is 625. The van der Waals surface area contributed by atoms with Crippen LogP contribution in [0.1, 0.15) is 11.4 Å². The molecule has 1 heterocycles. The molecule has 0 radical (unpaired) electrons. The van der Waals surface area contributed by atoms with Crippen LogP contribution in [0.2, 0.25) is 0 Å². The summed E-state index contributed by atoms with van der Waals surface area (Å²) in [5.41, 5.74) is 2.91. The van der Waals surface area contributed by atoms with Gasteiger partial charge in [-0.15, -0.1) is 12.4 Å². The molecule has 0 fully saturated rings. The Hall–Kier alpha value is -1.92. The number of nitrogens with one attached hydrogen (secondary N) is 1. The summed E-state index contributed by atoms with van der Waals surface area (Å²) in [5.74, 6) is 0.906. The van der Waals surface area contributed by atoms with Gasteiger partial charge in [0.15, 0.2) is 0 Å². The lowest BCUT2D eigenvalue weighted by Crippen LogP contribution is -2.08. The number of benzene rings is 1. The van der Waals surface area contributed by atoms with Gasteiger partial charge in [-0.3, -0.25) is 10.1 Å². The number of nitro groups is 1. The molecule has 2 aromatic rings. The lowest BCUT2D eigenvalue weighted by molar-refractivity contribution is -0.384. The molecule has 0 aliphatic carbocycles. The number of hydrogen-bond donors (Lipinski definition) is 1. The van der Waals surface area contributed by atoms with Crippen molar-refractivity contribution in [2.75, 3.05) is 7.05 Å². The van der Waals surface area contributed by atoms with Crippen LogP contribution in [0.5, 0.6) is 0 Å². The van der Waals surface area contributed by atoms with Crippen molar-refractivity contribution in [1.82, 2.24) is 14.9 Å². The van der Waals surface area contributed by atoms with Gasteiger partial charge in [0.1, 0.15) is 5.82 Å². The van der Waals surface area contributed by atoms with E-state index < -0.39 is 0 Å². The van der Waals surface area contributed by atoms with Crippen LogP contribution in [0.15, 0.2) is 24.4 Å². The van der Waals surface area contributed by atoms with Crippen LogP contribution >= 0.6 is 12.4 Å². The number of rotatable bonds is 4. The molecule has 0 aliphatic rings. The van der Waals surface area contributed by atoms with Gasteiger partial charge in [0, 0.05) is 31.3 Å². The molecular weight excluding hydrogens is 280 g/mol. The number of aryl methyl sites for hydroxylation is 1. The maximum atomic E-state index is 10.8. The van der Waals surface area contributed by atoms with Crippen molar-refractivity contribution in [3.63, 3.8) is 0 Å². The second kappa shape index (κ2) is 6.49. The lowest BCUT2D eigenvalue weighted by atomic mass is 10.0. The molecule has 0 atom stereocenters. The average Bonchev–Trinajstić information content (AvgIpc) is 2.70. The Morgan fingerprint density at radius 1 is 1.45 bits per heavy atom. The van der Waals surface area contributed by atoms with Crippen molar-refractivity contribution in [2.45, 2.75) is 13.5 Å². The van der Waals surface area contributed by atoms with Gasteiger partial charge in [-0.2, -0.15) is 0 Å². The summed E-state index contributed by atoms with van der Waals surface area (Å²) >= 11 is 0. The van der Waals surface area contributed by atoms with Gasteiger partial charge in [0.25, 0.3) is 5.69 Å². The predicted octanol–water partition coefficient (Wildman–Crippen LogP) is 2.44. The molecule has 0 unspecified atom stereocenters. The third-order valence-electron chi connectivity index (χ3n) is 3.16. The number of nitrogens with zero attached hydrogens (tertiary/aromatic N) is 3. The molecule has 0 amide bonds. The topological polar surface area (TPSA) is 73.0 Å². The van der Waals surface area contributed by atoms with E-state index in [-0.39, 0.29) is 23.0 Å². The molecule has 0 spiro atoms. The van der Waals surface area contributed by atoms with Gasteiger partial charge in [0.05, 0.1) is 16.8 Å². The minimum absolute atomic E-state index is 0. The van der Waals surface area contributed by atoms with Crippen LogP contribution in [0.25, 0.3) is 11.3 Å². The van der Waals surface area contributed by atoms with Crippen LogP contribution in [-0.2, 0) is 13.6 Å². The number of nitro benzene ring substituents is 1. The SMILES string of the molecule is CNCc1cc([N+](=O)[O-])ccc1-c1cnc(C)n1C.Cl. The molecule has 20 heavy (non-hydrogen) atoms. The van der Waals surface area contributed by atoms with Crippen molar-refractivity contribution >= 4 is 18.1 Å². The zero-order valence-electron chi connectivity index (χ0n) is 11.6. The van der Waals surface area contributed by atoms with Crippen LogP contribution in [0, 0.1) is 17.0 Å². The smallest absolute Gasteiger partial charge is 0.269 e. The summed E-state index contributed by atoms with van der Waals surface area (Å²) in [4.78, 5) is 14.7. The summed E-state index contributed by atoms with van der Waals surface area (Å²) < 4.78 is 1.97. The normalized spacial score (nSPS) is 10.2. The highest BCUT2D eigenvalue weighted by Crippen LogP contribution is 2.27. The molecule has 1 N–H and O–H groups in total. The van der Waals surface area contributed by atoms with Gasteiger partial charge >= 0.3 is 0 Å². The summed E-state index contributed by atoms with van der Waals surface area (Å²) in [6.07, 6.45) is 1.79. The fraction of sp³-hybridized carbons (Fsp3) is 0.308. The Morgan fingerprint density at radius 3 is 2.65 bits per heavy atom. The van der Waals surface area contributed by atoms with E-state index in [1.807, 2.05) is 25.6 Å². The average molecular weight is 297 g/mol. The highest BCUT2D eigenvalue weighted by molar-refractivity contribution is 5.85. The molecule has 108 valence electrons. The Morgan fingerprint density at radius 2 is 2.15 bits per heavy atom.